The van der Waals surface area contributed by atoms with E-state index in [1.807, 2.05) is 17.0 Å². The van der Waals surface area contributed by atoms with E-state index in [9.17, 15) is 13.2 Å². The van der Waals surface area contributed by atoms with Gasteiger partial charge in [-0.3, -0.25) is 14.1 Å². The second-order valence-electron chi connectivity index (χ2n) is 7.92. The topological polar surface area (TPSA) is 79.8 Å². The van der Waals surface area contributed by atoms with Crippen molar-refractivity contribution in [3.05, 3.63) is 71.9 Å². The fraction of sp³-hybridized carbons (Fsp3) is 0.333. The van der Waals surface area contributed by atoms with Crippen LogP contribution in [0.15, 0.2) is 70.5 Å². The van der Waals surface area contributed by atoms with Gasteiger partial charge in [0.1, 0.15) is 9.96 Å². The highest BCUT2D eigenvalue weighted by molar-refractivity contribution is 7.94. The van der Waals surface area contributed by atoms with Crippen molar-refractivity contribution in [3.8, 4) is 5.75 Å². The lowest BCUT2D eigenvalue weighted by molar-refractivity contribution is -0.135. The van der Waals surface area contributed by atoms with Gasteiger partial charge in [-0.2, -0.15) is 0 Å². The minimum absolute atomic E-state index is 0.0325. The highest BCUT2D eigenvalue weighted by Gasteiger charge is 2.27. The van der Waals surface area contributed by atoms with E-state index in [1.54, 1.807) is 54.2 Å². The number of hydrogen-bond donors (Lipinski definition) is 0. The molecular formula is C24H27N3O4S2. The van der Waals surface area contributed by atoms with Crippen molar-refractivity contribution in [2.75, 3.05) is 24.5 Å². The standard InChI is InChI=1S/C24H27N3O4S2/c1-26(33(29,30)24-7-5-17-32-24)20-8-10-21(11-9-20)31-18-23(28)27-16-4-2-3-6-22(27)19-12-14-25-15-13-19/h5,7-15,17,22H,2-4,6,16,18H2,1H3. The summed E-state index contributed by atoms with van der Waals surface area (Å²) in [7, 11) is -2.07. The van der Waals surface area contributed by atoms with Crippen LogP contribution in [0.2, 0.25) is 0 Å². The zero-order chi connectivity index (χ0) is 23.3. The normalized spacial score (nSPS) is 16.8. The van der Waals surface area contributed by atoms with E-state index >= 15 is 0 Å². The molecule has 0 N–H and O–H groups in total. The summed E-state index contributed by atoms with van der Waals surface area (Å²) in [5.74, 6) is 0.462. The number of hydrogen-bond acceptors (Lipinski definition) is 6. The Labute approximate surface area is 198 Å². The number of amides is 1. The first-order valence-corrected chi connectivity index (χ1v) is 13.2. The average Bonchev–Trinajstić information content (AvgIpc) is 3.29. The molecule has 1 aliphatic rings. The largest absolute Gasteiger partial charge is 0.484 e. The van der Waals surface area contributed by atoms with Gasteiger partial charge < -0.3 is 9.64 Å². The van der Waals surface area contributed by atoms with Crippen LogP contribution in [0.1, 0.15) is 37.3 Å². The van der Waals surface area contributed by atoms with E-state index in [-0.39, 0.29) is 22.8 Å². The van der Waals surface area contributed by atoms with E-state index < -0.39 is 10.0 Å². The SMILES string of the molecule is CN(c1ccc(OCC(=O)N2CCCCCC2c2ccncc2)cc1)S(=O)(=O)c1cccs1. The third kappa shape index (κ3) is 5.36. The van der Waals surface area contributed by atoms with Crippen molar-refractivity contribution in [3.63, 3.8) is 0 Å². The second-order valence-corrected chi connectivity index (χ2v) is 11.1. The Balaban J connectivity index is 1.41. The number of carbonyl (C=O) groups excluding carboxylic acids is 1. The van der Waals surface area contributed by atoms with Gasteiger partial charge >= 0.3 is 0 Å². The fourth-order valence-corrected chi connectivity index (χ4v) is 6.36. The molecule has 1 atom stereocenters. The number of pyridine rings is 1. The summed E-state index contributed by atoms with van der Waals surface area (Å²) < 4.78 is 32.7. The summed E-state index contributed by atoms with van der Waals surface area (Å²) in [6.45, 7) is 0.643. The molecule has 1 amide bonds. The van der Waals surface area contributed by atoms with Gasteiger partial charge in [0, 0.05) is 26.0 Å². The van der Waals surface area contributed by atoms with Crippen molar-refractivity contribution in [1.82, 2.24) is 9.88 Å². The molecule has 174 valence electrons. The minimum Gasteiger partial charge on any atom is -0.484 e. The van der Waals surface area contributed by atoms with Gasteiger partial charge in [-0.15, -0.1) is 11.3 Å². The molecule has 0 aliphatic carbocycles. The van der Waals surface area contributed by atoms with Crippen LogP contribution >= 0.6 is 11.3 Å². The molecule has 2 aromatic heterocycles. The number of thiophene rings is 1. The number of anilines is 1. The number of sulfonamides is 1. The van der Waals surface area contributed by atoms with E-state index in [0.717, 1.165) is 31.2 Å². The molecule has 9 heteroatoms. The zero-order valence-corrected chi connectivity index (χ0v) is 20.1. The smallest absolute Gasteiger partial charge is 0.273 e. The number of ether oxygens (including phenoxy) is 1. The fourth-order valence-electron chi connectivity index (χ4n) is 4.00. The molecular weight excluding hydrogens is 458 g/mol. The van der Waals surface area contributed by atoms with E-state index in [2.05, 4.69) is 4.98 Å². The number of nitrogens with zero attached hydrogens (tertiary/aromatic N) is 3. The van der Waals surface area contributed by atoms with Crippen molar-refractivity contribution in [1.29, 1.82) is 0 Å². The first kappa shape index (κ1) is 23.3. The molecule has 7 nitrogen and oxygen atoms in total. The van der Waals surface area contributed by atoms with E-state index in [0.29, 0.717) is 18.0 Å². The molecule has 4 rings (SSSR count). The Morgan fingerprint density at radius 3 is 2.58 bits per heavy atom. The number of benzene rings is 1. The van der Waals surface area contributed by atoms with Gasteiger partial charge in [0.15, 0.2) is 6.61 Å². The quantitative estimate of drug-likeness (QED) is 0.493. The number of rotatable bonds is 7. The molecule has 1 saturated heterocycles. The van der Waals surface area contributed by atoms with Crippen LogP contribution in [0.4, 0.5) is 5.69 Å². The maximum absolute atomic E-state index is 13.0. The summed E-state index contributed by atoms with van der Waals surface area (Å²) >= 11 is 1.18. The molecule has 33 heavy (non-hydrogen) atoms. The highest BCUT2D eigenvalue weighted by atomic mass is 32.2. The van der Waals surface area contributed by atoms with Crippen LogP contribution in [-0.2, 0) is 14.8 Å². The molecule has 1 aliphatic heterocycles. The Bertz CT molecular complexity index is 1150. The first-order valence-electron chi connectivity index (χ1n) is 10.9. The number of likely N-dealkylation sites (tertiary alicyclic amines) is 1. The second kappa shape index (κ2) is 10.4. The molecule has 1 fully saturated rings. The van der Waals surface area contributed by atoms with Crippen LogP contribution in [0.3, 0.4) is 0 Å². The van der Waals surface area contributed by atoms with Crippen LogP contribution in [0.5, 0.6) is 5.75 Å². The van der Waals surface area contributed by atoms with Crippen molar-refractivity contribution >= 4 is 33.0 Å². The van der Waals surface area contributed by atoms with Crippen molar-refractivity contribution in [2.45, 2.75) is 35.9 Å². The Morgan fingerprint density at radius 2 is 1.88 bits per heavy atom. The van der Waals surface area contributed by atoms with Crippen LogP contribution < -0.4 is 9.04 Å². The molecule has 0 radical (unpaired) electrons. The van der Waals surface area contributed by atoms with Gasteiger partial charge in [-0.25, -0.2) is 8.42 Å². The molecule has 1 aromatic carbocycles. The number of aromatic nitrogens is 1. The van der Waals surface area contributed by atoms with Gasteiger partial charge in [-0.05, 0) is 66.2 Å². The maximum Gasteiger partial charge on any atom is 0.273 e. The minimum atomic E-state index is -3.59. The van der Waals surface area contributed by atoms with Crippen LogP contribution in [-0.4, -0.2) is 44.4 Å². The lowest BCUT2D eigenvalue weighted by Crippen LogP contribution is -2.38. The predicted octanol–water partition coefficient (Wildman–Crippen LogP) is 4.49. The molecule has 3 aromatic rings. The highest BCUT2D eigenvalue weighted by Crippen LogP contribution is 2.30. The summed E-state index contributed by atoms with van der Waals surface area (Å²) in [5, 5.41) is 1.73. The average molecular weight is 486 g/mol. The van der Waals surface area contributed by atoms with Crippen molar-refractivity contribution < 1.29 is 17.9 Å². The van der Waals surface area contributed by atoms with Gasteiger partial charge in [-0.1, -0.05) is 18.9 Å². The Kier molecular flexibility index (Phi) is 7.29. The summed E-state index contributed by atoms with van der Waals surface area (Å²) in [6.07, 6.45) is 7.62. The summed E-state index contributed by atoms with van der Waals surface area (Å²) in [5.41, 5.74) is 1.62. The zero-order valence-electron chi connectivity index (χ0n) is 18.5. The predicted molar refractivity (Wildman–Crippen MR) is 129 cm³/mol. The van der Waals surface area contributed by atoms with E-state index in [1.165, 1.54) is 22.7 Å². The number of carbonyl (C=O) groups is 1. The monoisotopic (exact) mass is 485 g/mol. The van der Waals surface area contributed by atoms with E-state index in [4.69, 9.17) is 4.74 Å². The lowest BCUT2D eigenvalue weighted by Gasteiger charge is -2.30. The Hall–Kier alpha value is -2.91. The van der Waals surface area contributed by atoms with Crippen LogP contribution in [0, 0.1) is 0 Å². The van der Waals surface area contributed by atoms with Crippen molar-refractivity contribution in [2.24, 2.45) is 0 Å². The van der Waals surface area contributed by atoms with Crippen LogP contribution in [0.25, 0.3) is 0 Å². The third-order valence-corrected chi connectivity index (χ3v) is 9.00. The first-order chi connectivity index (χ1) is 16.0. The molecule has 3 heterocycles. The van der Waals surface area contributed by atoms with Gasteiger partial charge in [0.05, 0.1) is 11.7 Å². The molecule has 0 bridgehead atoms. The third-order valence-electron chi connectivity index (χ3n) is 5.84. The summed E-state index contributed by atoms with van der Waals surface area (Å²) in [6, 6.07) is 14.0. The summed E-state index contributed by atoms with van der Waals surface area (Å²) in [4.78, 5) is 19.0. The lowest BCUT2D eigenvalue weighted by atomic mass is 10.0. The Morgan fingerprint density at radius 1 is 1.12 bits per heavy atom. The van der Waals surface area contributed by atoms with Gasteiger partial charge in [0.2, 0.25) is 0 Å². The molecule has 0 saturated carbocycles. The molecule has 0 spiro atoms. The maximum atomic E-state index is 13.0. The molecule has 1 unspecified atom stereocenters. The van der Waals surface area contributed by atoms with Gasteiger partial charge in [0.25, 0.3) is 15.9 Å².